The summed E-state index contributed by atoms with van der Waals surface area (Å²) in [6.45, 7) is 2.01. The number of methoxy groups -OCH3 is 2. The fourth-order valence-corrected chi connectivity index (χ4v) is 3.32. The van der Waals surface area contributed by atoms with Crippen molar-refractivity contribution in [3.63, 3.8) is 0 Å². The van der Waals surface area contributed by atoms with Crippen LogP contribution in [-0.4, -0.2) is 31.7 Å². The predicted molar refractivity (Wildman–Crippen MR) is 111 cm³/mol. The van der Waals surface area contributed by atoms with E-state index in [0.29, 0.717) is 28.1 Å². The Balaban J connectivity index is 1.63. The molecule has 7 heteroatoms. The van der Waals surface area contributed by atoms with Crippen molar-refractivity contribution in [2.45, 2.75) is 13.3 Å². The lowest BCUT2D eigenvalue weighted by Gasteiger charge is -2.08. The van der Waals surface area contributed by atoms with Gasteiger partial charge in [0.15, 0.2) is 11.7 Å². The highest BCUT2D eigenvalue weighted by Gasteiger charge is 2.13. The van der Waals surface area contributed by atoms with E-state index in [1.54, 1.807) is 14.2 Å². The Bertz CT molecular complexity index is 938. The Kier molecular flexibility index (Phi) is 6.49. The van der Waals surface area contributed by atoms with Gasteiger partial charge in [0.1, 0.15) is 17.2 Å². The van der Waals surface area contributed by atoms with Crippen LogP contribution in [0, 0.1) is 0 Å². The SMILES string of the molecule is CCc1ccc(OCC(=O)Nc2nc(-c3cc(OC)ccc3OC)cs2)cc1. The normalized spacial score (nSPS) is 10.4. The first-order valence-electron chi connectivity index (χ1n) is 8.82. The number of aromatic nitrogens is 1. The van der Waals surface area contributed by atoms with Gasteiger partial charge in [-0.15, -0.1) is 11.3 Å². The minimum absolute atomic E-state index is 0.0805. The van der Waals surface area contributed by atoms with E-state index >= 15 is 0 Å². The maximum atomic E-state index is 12.2. The zero-order chi connectivity index (χ0) is 19.9. The zero-order valence-corrected chi connectivity index (χ0v) is 16.8. The van der Waals surface area contributed by atoms with Crippen LogP contribution in [0.25, 0.3) is 11.3 Å². The lowest BCUT2D eigenvalue weighted by molar-refractivity contribution is -0.118. The molecule has 0 aliphatic rings. The van der Waals surface area contributed by atoms with Gasteiger partial charge in [-0.1, -0.05) is 19.1 Å². The molecule has 0 saturated carbocycles. The maximum absolute atomic E-state index is 12.2. The van der Waals surface area contributed by atoms with Crippen molar-refractivity contribution in [3.8, 4) is 28.5 Å². The summed E-state index contributed by atoms with van der Waals surface area (Å²) in [6.07, 6.45) is 0.964. The van der Waals surface area contributed by atoms with Crippen molar-refractivity contribution >= 4 is 22.4 Å². The van der Waals surface area contributed by atoms with Crippen molar-refractivity contribution in [2.75, 3.05) is 26.1 Å². The van der Waals surface area contributed by atoms with Crippen molar-refractivity contribution in [3.05, 3.63) is 53.4 Å². The Morgan fingerprint density at radius 3 is 2.50 bits per heavy atom. The van der Waals surface area contributed by atoms with Crippen LogP contribution in [0.15, 0.2) is 47.8 Å². The van der Waals surface area contributed by atoms with Crippen molar-refractivity contribution < 1.29 is 19.0 Å². The number of benzene rings is 2. The second-order valence-electron chi connectivity index (χ2n) is 5.94. The second kappa shape index (κ2) is 9.23. The monoisotopic (exact) mass is 398 g/mol. The molecular formula is C21H22N2O4S. The van der Waals surface area contributed by atoms with Gasteiger partial charge in [-0.3, -0.25) is 10.1 Å². The number of amides is 1. The number of nitrogens with zero attached hydrogens (tertiary/aromatic N) is 1. The Hall–Kier alpha value is -3.06. The molecule has 3 aromatic rings. The number of hydrogen-bond acceptors (Lipinski definition) is 6. The largest absolute Gasteiger partial charge is 0.497 e. The van der Waals surface area contributed by atoms with Gasteiger partial charge in [0.05, 0.1) is 19.9 Å². The molecule has 0 spiro atoms. The Labute approximate surface area is 168 Å². The summed E-state index contributed by atoms with van der Waals surface area (Å²) in [6, 6.07) is 13.2. The van der Waals surface area contributed by atoms with Crippen molar-refractivity contribution in [1.29, 1.82) is 0 Å². The fraction of sp³-hybridized carbons (Fsp3) is 0.238. The first-order chi connectivity index (χ1) is 13.6. The second-order valence-corrected chi connectivity index (χ2v) is 6.80. The lowest BCUT2D eigenvalue weighted by atomic mass is 10.1. The molecule has 6 nitrogen and oxygen atoms in total. The summed E-state index contributed by atoms with van der Waals surface area (Å²) in [4.78, 5) is 16.6. The molecule has 0 unspecified atom stereocenters. The summed E-state index contributed by atoms with van der Waals surface area (Å²) in [5.74, 6) is 1.78. The average Bonchev–Trinajstić information content (AvgIpc) is 3.20. The van der Waals surface area contributed by atoms with Gasteiger partial charge < -0.3 is 14.2 Å². The van der Waals surface area contributed by atoms with E-state index in [0.717, 1.165) is 12.0 Å². The third-order valence-electron chi connectivity index (χ3n) is 4.13. The van der Waals surface area contributed by atoms with E-state index in [9.17, 15) is 4.79 Å². The Morgan fingerprint density at radius 2 is 1.82 bits per heavy atom. The third kappa shape index (κ3) is 4.80. The van der Waals surface area contributed by atoms with Crippen LogP contribution in [0.5, 0.6) is 17.2 Å². The molecule has 0 radical (unpaired) electrons. The number of carbonyl (C=O) groups excluding carboxylic acids is 1. The molecule has 0 fully saturated rings. The molecule has 0 aliphatic heterocycles. The standard InChI is InChI=1S/C21H22N2O4S/c1-4-14-5-7-15(8-6-14)27-12-20(24)23-21-22-18(13-28-21)17-11-16(25-2)9-10-19(17)26-3/h5-11,13H,4,12H2,1-3H3,(H,22,23,24). The Morgan fingerprint density at radius 1 is 1.07 bits per heavy atom. The van der Waals surface area contributed by atoms with E-state index in [2.05, 4.69) is 17.2 Å². The van der Waals surface area contributed by atoms with Crippen LogP contribution in [0.2, 0.25) is 0 Å². The van der Waals surface area contributed by atoms with E-state index in [4.69, 9.17) is 14.2 Å². The molecule has 1 N–H and O–H groups in total. The highest BCUT2D eigenvalue weighted by molar-refractivity contribution is 7.14. The summed E-state index contributed by atoms with van der Waals surface area (Å²) >= 11 is 1.34. The first kappa shape index (κ1) is 19.7. The number of ether oxygens (including phenoxy) is 3. The van der Waals surface area contributed by atoms with Gasteiger partial charge in [0, 0.05) is 10.9 Å². The number of aryl methyl sites for hydroxylation is 1. The molecule has 2 aromatic carbocycles. The minimum atomic E-state index is -0.266. The van der Waals surface area contributed by atoms with Crippen LogP contribution >= 0.6 is 11.3 Å². The van der Waals surface area contributed by atoms with Gasteiger partial charge in [0.2, 0.25) is 0 Å². The summed E-state index contributed by atoms with van der Waals surface area (Å²) < 4.78 is 16.2. The van der Waals surface area contributed by atoms with E-state index in [1.807, 2.05) is 47.8 Å². The van der Waals surface area contributed by atoms with E-state index < -0.39 is 0 Å². The smallest absolute Gasteiger partial charge is 0.264 e. The molecule has 0 aliphatic carbocycles. The number of anilines is 1. The topological polar surface area (TPSA) is 69.7 Å². The quantitative estimate of drug-likeness (QED) is 0.609. The predicted octanol–water partition coefficient (Wildman–Crippen LogP) is 4.41. The molecular weight excluding hydrogens is 376 g/mol. The average molecular weight is 398 g/mol. The fourth-order valence-electron chi connectivity index (χ4n) is 2.59. The molecule has 3 rings (SSSR count). The molecule has 28 heavy (non-hydrogen) atoms. The molecule has 1 heterocycles. The van der Waals surface area contributed by atoms with Crippen molar-refractivity contribution in [1.82, 2.24) is 4.98 Å². The number of thiazole rings is 1. The number of hydrogen-bond donors (Lipinski definition) is 1. The molecule has 0 bridgehead atoms. The van der Waals surface area contributed by atoms with Crippen LogP contribution in [-0.2, 0) is 11.2 Å². The minimum Gasteiger partial charge on any atom is -0.497 e. The van der Waals surface area contributed by atoms with Crippen LogP contribution in [0.3, 0.4) is 0 Å². The van der Waals surface area contributed by atoms with Crippen molar-refractivity contribution in [2.24, 2.45) is 0 Å². The van der Waals surface area contributed by atoms with Gasteiger partial charge in [0.25, 0.3) is 5.91 Å². The molecule has 1 aromatic heterocycles. The van der Waals surface area contributed by atoms with Gasteiger partial charge in [-0.2, -0.15) is 0 Å². The molecule has 0 saturated heterocycles. The maximum Gasteiger partial charge on any atom is 0.264 e. The number of rotatable bonds is 8. The third-order valence-corrected chi connectivity index (χ3v) is 4.89. The highest BCUT2D eigenvalue weighted by atomic mass is 32.1. The van der Waals surface area contributed by atoms with E-state index in [1.165, 1.54) is 16.9 Å². The summed E-state index contributed by atoms with van der Waals surface area (Å²) in [7, 11) is 3.21. The first-order valence-corrected chi connectivity index (χ1v) is 9.70. The summed E-state index contributed by atoms with van der Waals surface area (Å²) in [5.41, 5.74) is 2.72. The zero-order valence-electron chi connectivity index (χ0n) is 16.0. The molecule has 0 atom stereocenters. The van der Waals surface area contributed by atoms with Gasteiger partial charge >= 0.3 is 0 Å². The lowest BCUT2D eigenvalue weighted by Crippen LogP contribution is -2.20. The van der Waals surface area contributed by atoms with E-state index in [-0.39, 0.29) is 12.5 Å². The van der Waals surface area contributed by atoms with Crippen LogP contribution in [0.4, 0.5) is 5.13 Å². The highest BCUT2D eigenvalue weighted by Crippen LogP contribution is 2.35. The summed E-state index contributed by atoms with van der Waals surface area (Å²) in [5, 5.41) is 5.12. The van der Waals surface area contributed by atoms with Crippen LogP contribution in [0.1, 0.15) is 12.5 Å². The van der Waals surface area contributed by atoms with Crippen LogP contribution < -0.4 is 19.5 Å². The number of carbonyl (C=O) groups is 1. The number of nitrogens with one attached hydrogen (secondary N) is 1. The van der Waals surface area contributed by atoms with Gasteiger partial charge in [-0.05, 0) is 42.3 Å². The van der Waals surface area contributed by atoms with Gasteiger partial charge in [-0.25, -0.2) is 4.98 Å². The molecule has 1 amide bonds. The molecule has 146 valence electrons.